The zero-order valence-electron chi connectivity index (χ0n) is 15.2. The molecule has 26 heavy (non-hydrogen) atoms. The van der Waals surface area contributed by atoms with Crippen molar-refractivity contribution >= 4 is 17.4 Å². The third-order valence-corrected chi connectivity index (χ3v) is 5.20. The normalized spacial score (nSPS) is 15.9. The number of pyridine rings is 1. The first-order chi connectivity index (χ1) is 12.6. The Morgan fingerprint density at radius 3 is 2.62 bits per heavy atom. The molecular weight excluding hydrogens is 346 g/mol. The summed E-state index contributed by atoms with van der Waals surface area (Å²) in [5.41, 5.74) is 2.91. The van der Waals surface area contributed by atoms with Gasteiger partial charge in [-0.25, -0.2) is 0 Å². The van der Waals surface area contributed by atoms with Gasteiger partial charge in [-0.15, -0.1) is 0 Å². The summed E-state index contributed by atoms with van der Waals surface area (Å²) in [5.74, 6) is 0.391. The van der Waals surface area contributed by atoms with Crippen molar-refractivity contribution in [3.63, 3.8) is 0 Å². The minimum atomic E-state index is 0.136. The molecule has 2 heterocycles. The summed E-state index contributed by atoms with van der Waals surface area (Å²) in [7, 11) is 0. The van der Waals surface area contributed by atoms with Gasteiger partial charge < -0.3 is 10.2 Å². The molecule has 0 atom stereocenters. The van der Waals surface area contributed by atoms with Crippen molar-refractivity contribution in [1.82, 2.24) is 15.2 Å². The second-order valence-corrected chi connectivity index (χ2v) is 7.37. The van der Waals surface area contributed by atoms with Crippen LogP contribution in [0.15, 0.2) is 42.5 Å². The molecule has 1 aliphatic rings. The van der Waals surface area contributed by atoms with E-state index >= 15 is 0 Å². The molecule has 0 spiro atoms. The third kappa shape index (κ3) is 5.37. The molecule has 2 aromatic rings. The number of halogens is 1. The van der Waals surface area contributed by atoms with Crippen LogP contribution >= 0.6 is 11.6 Å². The fraction of sp³-hybridized carbons (Fsp3) is 0.429. The lowest BCUT2D eigenvalue weighted by Gasteiger charge is -2.31. The first kappa shape index (κ1) is 19.0. The van der Waals surface area contributed by atoms with Gasteiger partial charge in [0.2, 0.25) is 0 Å². The molecule has 1 saturated heterocycles. The van der Waals surface area contributed by atoms with Gasteiger partial charge in [0, 0.05) is 41.8 Å². The van der Waals surface area contributed by atoms with Crippen LogP contribution in [0.25, 0.3) is 0 Å². The maximum Gasteiger partial charge on any atom is 0.166 e. The molecule has 0 amide bonds. The van der Waals surface area contributed by atoms with Crippen molar-refractivity contribution in [2.45, 2.75) is 26.3 Å². The Morgan fingerprint density at radius 2 is 1.92 bits per heavy atom. The highest BCUT2D eigenvalue weighted by Crippen LogP contribution is 2.22. The Labute approximate surface area is 160 Å². The van der Waals surface area contributed by atoms with E-state index in [1.807, 2.05) is 37.3 Å². The summed E-state index contributed by atoms with van der Waals surface area (Å²) in [6.45, 7) is 6.72. The van der Waals surface area contributed by atoms with E-state index in [0.29, 0.717) is 5.02 Å². The van der Waals surface area contributed by atoms with Crippen LogP contribution < -0.4 is 5.32 Å². The zero-order chi connectivity index (χ0) is 18.4. The highest BCUT2D eigenvalue weighted by atomic mass is 35.5. The Hall–Kier alpha value is -1.75. The van der Waals surface area contributed by atoms with Gasteiger partial charge in [-0.05, 0) is 69.3 Å². The average Bonchev–Trinajstić information content (AvgIpc) is 2.66. The number of rotatable bonds is 7. The monoisotopic (exact) mass is 371 g/mol. The van der Waals surface area contributed by atoms with E-state index < -0.39 is 0 Å². The quantitative estimate of drug-likeness (QED) is 0.595. The van der Waals surface area contributed by atoms with Crippen LogP contribution in [0.5, 0.6) is 0 Å². The number of hydrogen-bond acceptors (Lipinski definition) is 4. The second-order valence-electron chi connectivity index (χ2n) is 6.93. The van der Waals surface area contributed by atoms with E-state index in [-0.39, 0.29) is 11.7 Å². The maximum absolute atomic E-state index is 12.6. The molecule has 5 heteroatoms. The van der Waals surface area contributed by atoms with E-state index in [2.05, 4.69) is 15.2 Å². The third-order valence-electron chi connectivity index (χ3n) is 4.94. The minimum absolute atomic E-state index is 0.136. The Morgan fingerprint density at radius 1 is 1.19 bits per heavy atom. The number of carbonyl (C=O) groups is 1. The fourth-order valence-corrected chi connectivity index (χ4v) is 3.55. The van der Waals surface area contributed by atoms with Crippen molar-refractivity contribution in [3.8, 4) is 0 Å². The number of aromatic nitrogens is 1. The van der Waals surface area contributed by atoms with Gasteiger partial charge in [0.25, 0.3) is 0 Å². The Bertz CT molecular complexity index is 724. The van der Waals surface area contributed by atoms with Crippen LogP contribution in [0.2, 0.25) is 5.02 Å². The molecule has 138 valence electrons. The number of nitrogens with one attached hydrogen (secondary N) is 1. The summed E-state index contributed by atoms with van der Waals surface area (Å²) < 4.78 is 0. The van der Waals surface area contributed by atoms with Gasteiger partial charge >= 0.3 is 0 Å². The highest BCUT2D eigenvalue weighted by Gasteiger charge is 2.25. The smallest absolute Gasteiger partial charge is 0.166 e. The lowest BCUT2D eigenvalue weighted by atomic mass is 9.89. The molecule has 1 aromatic carbocycles. The van der Waals surface area contributed by atoms with Crippen molar-refractivity contribution < 1.29 is 4.79 Å². The predicted molar refractivity (Wildman–Crippen MR) is 106 cm³/mol. The van der Waals surface area contributed by atoms with Crippen molar-refractivity contribution in [2.24, 2.45) is 5.92 Å². The SMILES string of the molecule is Cc1cccc(CNCCN2CCC(C(=O)c3ccc(Cl)cc3)CC2)n1. The van der Waals surface area contributed by atoms with Gasteiger partial charge in [0.15, 0.2) is 5.78 Å². The zero-order valence-corrected chi connectivity index (χ0v) is 16.0. The number of benzene rings is 1. The van der Waals surface area contributed by atoms with Gasteiger partial charge in [-0.2, -0.15) is 0 Å². The largest absolute Gasteiger partial charge is 0.310 e. The summed E-state index contributed by atoms with van der Waals surface area (Å²) in [5, 5.41) is 4.13. The molecule has 1 aromatic heterocycles. The predicted octanol–water partition coefficient (Wildman–Crippen LogP) is 3.73. The fourth-order valence-electron chi connectivity index (χ4n) is 3.42. The Kier molecular flexibility index (Phi) is 6.78. The summed E-state index contributed by atoms with van der Waals surface area (Å²) in [4.78, 5) is 19.5. The van der Waals surface area contributed by atoms with Gasteiger partial charge in [0.05, 0.1) is 5.69 Å². The lowest BCUT2D eigenvalue weighted by Crippen LogP contribution is -2.39. The first-order valence-corrected chi connectivity index (χ1v) is 9.65. The number of ketones is 1. The minimum Gasteiger partial charge on any atom is -0.310 e. The van der Waals surface area contributed by atoms with Gasteiger partial charge in [-0.3, -0.25) is 9.78 Å². The first-order valence-electron chi connectivity index (χ1n) is 9.27. The highest BCUT2D eigenvalue weighted by molar-refractivity contribution is 6.30. The van der Waals surface area contributed by atoms with Crippen molar-refractivity contribution in [3.05, 3.63) is 64.4 Å². The van der Waals surface area contributed by atoms with Crippen LogP contribution in [0.4, 0.5) is 0 Å². The number of Topliss-reactive ketones (excluding diaryl/α,β-unsaturated/α-hetero) is 1. The van der Waals surface area contributed by atoms with Crippen LogP contribution in [-0.2, 0) is 6.54 Å². The standard InChI is InChI=1S/C21H26ClN3O/c1-16-3-2-4-20(24-16)15-23-11-14-25-12-9-18(10-13-25)21(26)17-5-7-19(22)8-6-17/h2-8,18,23H,9-15H2,1H3. The lowest BCUT2D eigenvalue weighted by molar-refractivity contribution is 0.0841. The summed E-state index contributed by atoms with van der Waals surface area (Å²) in [6.07, 6.45) is 1.86. The maximum atomic E-state index is 12.6. The molecule has 1 fully saturated rings. The molecule has 0 radical (unpaired) electrons. The number of hydrogen-bond donors (Lipinski definition) is 1. The van der Waals surface area contributed by atoms with E-state index in [4.69, 9.17) is 11.6 Å². The van der Waals surface area contributed by atoms with Crippen molar-refractivity contribution in [2.75, 3.05) is 26.2 Å². The number of piperidine rings is 1. The Balaban J connectivity index is 1.37. The average molecular weight is 372 g/mol. The number of nitrogens with zero attached hydrogens (tertiary/aromatic N) is 2. The van der Waals surface area contributed by atoms with Crippen LogP contribution in [0.3, 0.4) is 0 Å². The van der Waals surface area contributed by atoms with Crippen LogP contribution in [0, 0.1) is 12.8 Å². The van der Waals surface area contributed by atoms with Gasteiger partial charge in [-0.1, -0.05) is 17.7 Å². The molecule has 0 unspecified atom stereocenters. The van der Waals surface area contributed by atoms with E-state index in [0.717, 1.165) is 62.5 Å². The second kappa shape index (κ2) is 9.26. The molecule has 3 rings (SSSR count). The number of carbonyl (C=O) groups excluding carboxylic acids is 1. The van der Waals surface area contributed by atoms with Crippen molar-refractivity contribution in [1.29, 1.82) is 0 Å². The molecular formula is C21H26ClN3O. The summed E-state index contributed by atoms with van der Waals surface area (Å²) in [6, 6.07) is 13.4. The number of aryl methyl sites for hydroxylation is 1. The van der Waals surface area contributed by atoms with Crippen LogP contribution in [-0.4, -0.2) is 41.8 Å². The molecule has 4 nitrogen and oxygen atoms in total. The molecule has 0 aliphatic carbocycles. The molecule has 0 bridgehead atoms. The topological polar surface area (TPSA) is 45.2 Å². The molecule has 0 saturated carbocycles. The molecule has 1 N–H and O–H groups in total. The van der Waals surface area contributed by atoms with Crippen LogP contribution in [0.1, 0.15) is 34.6 Å². The van der Waals surface area contributed by atoms with E-state index in [1.54, 1.807) is 12.1 Å². The number of likely N-dealkylation sites (tertiary alicyclic amines) is 1. The molecule has 1 aliphatic heterocycles. The van der Waals surface area contributed by atoms with Gasteiger partial charge in [0.1, 0.15) is 0 Å². The van der Waals surface area contributed by atoms with E-state index in [9.17, 15) is 4.79 Å². The van der Waals surface area contributed by atoms with E-state index in [1.165, 1.54) is 0 Å². The summed E-state index contributed by atoms with van der Waals surface area (Å²) >= 11 is 5.90.